The molecule has 0 aliphatic carbocycles. The summed E-state index contributed by atoms with van der Waals surface area (Å²) in [6.45, 7) is 10.4. The summed E-state index contributed by atoms with van der Waals surface area (Å²) < 4.78 is 0. The second-order valence-electron chi connectivity index (χ2n) is 4.65. The smallest absolute Gasteiger partial charge is 0.141 e. The number of allylic oxidation sites excluding steroid dienone is 2. The van der Waals surface area contributed by atoms with E-state index in [1.165, 1.54) is 24.1 Å². The van der Waals surface area contributed by atoms with Crippen molar-refractivity contribution in [2.24, 2.45) is 0 Å². The third-order valence-corrected chi connectivity index (χ3v) is 3.22. The van der Waals surface area contributed by atoms with Crippen molar-refractivity contribution < 1.29 is 0 Å². The van der Waals surface area contributed by atoms with Crippen molar-refractivity contribution in [1.82, 2.24) is 15.0 Å². The van der Waals surface area contributed by atoms with Gasteiger partial charge in [0.05, 0.1) is 5.69 Å². The van der Waals surface area contributed by atoms with Crippen molar-refractivity contribution in [2.45, 2.75) is 60.3 Å². The molecule has 0 aliphatic heterocycles. The maximum absolute atomic E-state index is 4.29. The van der Waals surface area contributed by atoms with Gasteiger partial charge >= 0.3 is 0 Å². The van der Waals surface area contributed by atoms with Crippen molar-refractivity contribution in [2.75, 3.05) is 0 Å². The zero-order chi connectivity index (χ0) is 15.0. The number of hydrogen-bond donors (Lipinski definition) is 1. The van der Waals surface area contributed by atoms with Gasteiger partial charge in [0.1, 0.15) is 12.0 Å². The molecule has 0 fully saturated rings. The Labute approximate surface area is 122 Å². The molecule has 0 aromatic carbocycles. The van der Waals surface area contributed by atoms with Crippen LogP contribution in [0.1, 0.15) is 64.8 Å². The van der Waals surface area contributed by atoms with Crippen LogP contribution in [0.4, 0.5) is 0 Å². The molecule has 1 N–H and O–H groups in total. The first kappa shape index (κ1) is 16.4. The lowest BCUT2D eigenvalue weighted by Gasteiger charge is -2.03. The molecular formula is C17H27N3. The van der Waals surface area contributed by atoms with Crippen molar-refractivity contribution >= 4 is 16.6 Å². The van der Waals surface area contributed by atoms with E-state index in [2.05, 4.69) is 40.9 Å². The van der Waals surface area contributed by atoms with Gasteiger partial charge in [0.25, 0.3) is 0 Å². The molecule has 3 nitrogen and oxygen atoms in total. The van der Waals surface area contributed by atoms with Crippen LogP contribution in [0.2, 0.25) is 0 Å². The molecule has 20 heavy (non-hydrogen) atoms. The summed E-state index contributed by atoms with van der Waals surface area (Å²) in [7, 11) is 0. The zero-order valence-corrected chi connectivity index (χ0v) is 13.5. The number of hydrogen-bond acceptors (Lipinski definition) is 2. The van der Waals surface area contributed by atoms with Gasteiger partial charge in [-0.3, -0.25) is 0 Å². The van der Waals surface area contributed by atoms with Gasteiger partial charge in [-0.1, -0.05) is 40.2 Å². The van der Waals surface area contributed by atoms with Crippen molar-refractivity contribution in [3.63, 3.8) is 0 Å². The average Bonchev–Trinajstić information content (AvgIpc) is 2.91. The highest BCUT2D eigenvalue weighted by Gasteiger charge is 2.08. The number of aromatic amines is 1. The summed E-state index contributed by atoms with van der Waals surface area (Å²) >= 11 is 0. The highest BCUT2D eigenvalue weighted by atomic mass is 14.9. The number of nitrogens with zero attached hydrogens (tertiary/aromatic N) is 2. The molecule has 0 aliphatic rings. The van der Waals surface area contributed by atoms with E-state index >= 15 is 0 Å². The van der Waals surface area contributed by atoms with E-state index in [1.807, 2.05) is 20.8 Å². The van der Waals surface area contributed by atoms with E-state index in [0.29, 0.717) is 0 Å². The fourth-order valence-corrected chi connectivity index (χ4v) is 2.20. The van der Waals surface area contributed by atoms with Crippen LogP contribution >= 0.6 is 0 Å². The van der Waals surface area contributed by atoms with Gasteiger partial charge in [-0.15, -0.1) is 0 Å². The monoisotopic (exact) mass is 273 g/mol. The predicted molar refractivity (Wildman–Crippen MR) is 87.8 cm³/mol. The lowest BCUT2D eigenvalue weighted by Crippen LogP contribution is -1.86. The lowest BCUT2D eigenvalue weighted by atomic mass is 10.0. The van der Waals surface area contributed by atoms with Gasteiger partial charge in [-0.05, 0) is 37.8 Å². The minimum atomic E-state index is 0.941. The summed E-state index contributed by atoms with van der Waals surface area (Å²) in [6, 6.07) is 2.18. The summed E-state index contributed by atoms with van der Waals surface area (Å²) in [4.78, 5) is 11.9. The van der Waals surface area contributed by atoms with E-state index in [9.17, 15) is 0 Å². The standard InChI is InChI=1S/C15H21N3.C2H6/c1-4-6-8-12(7-5-2)14-9-13-11(3)16-10-17-15(13)18-14;1-2/h7,9-10H,4-6,8H2,1-3H3,(H,16,17,18);1-2H3/b12-7+;. The molecule has 0 bridgehead atoms. The molecule has 110 valence electrons. The fraction of sp³-hybridized carbons (Fsp3) is 0.529. The lowest BCUT2D eigenvalue weighted by molar-refractivity contribution is 0.821. The highest BCUT2D eigenvalue weighted by molar-refractivity contribution is 5.83. The molecule has 0 radical (unpaired) electrons. The van der Waals surface area contributed by atoms with Crippen LogP contribution in [-0.4, -0.2) is 15.0 Å². The molecule has 0 saturated heterocycles. The van der Waals surface area contributed by atoms with Crippen molar-refractivity contribution in [1.29, 1.82) is 0 Å². The Balaban J connectivity index is 0.000000956. The average molecular weight is 273 g/mol. The number of fused-ring (bicyclic) bond motifs is 1. The third kappa shape index (κ3) is 3.92. The van der Waals surface area contributed by atoms with Crippen LogP contribution in [-0.2, 0) is 0 Å². The van der Waals surface area contributed by atoms with E-state index < -0.39 is 0 Å². The van der Waals surface area contributed by atoms with Crippen LogP contribution in [0.25, 0.3) is 16.6 Å². The molecular weight excluding hydrogens is 246 g/mol. The molecule has 2 aromatic heterocycles. The van der Waals surface area contributed by atoms with Gasteiger partial charge < -0.3 is 4.98 Å². The zero-order valence-electron chi connectivity index (χ0n) is 13.5. The highest BCUT2D eigenvalue weighted by Crippen LogP contribution is 2.25. The molecule has 0 saturated carbocycles. The number of H-pyrrole nitrogens is 1. The minimum absolute atomic E-state index is 0.941. The molecule has 2 rings (SSSR count). The summed E-state index contributed by atoms with van der Waals surface area (Å²) in [5.41, 5.74) is 4.57. The number of aromatic nitrogens is 3. The topological polar surface area (TPSA) is 41.6 Å². The van der Waals surface area contributed by atoms with E-state index in [4.69, 9.17) is 0 Å². The van der Waals surface area contributed by atoms with Gasteiger partial charge in [0, 0.05) is 11.1 Å². The Morgan fingerprint density at radius 1 is 1.25 bits per heavy atom. The van der Waals surface area contributed by atoms with E-state index in [-0.39, 0.29) is 0 Å². The fourth-order valence-electron chi connectivity index (χ4n) is 2.20. The largest absolute Gasteiger partial charge is 0.339 e. The number of nitrogens with one attached hydrogen (secondary N) is 1. The Bertz CT molecular complexity index is 552. The van der Waals surface area contributed by atoms with Gasteiger partial charge in [0.2, 0.25) is 0 Å². The third-order valence-electron chi connectivity index (χ3n) is 3.22. The maximum atomic E-state index is 4.29. The molecule has 0 spiro atoms. The first-order valence-electron chi connectivity index (χ1n) is 7.76. The predicted octanol–water partition coefficient (Wildman–Crippen LogP) is 5.28. The second-order valence-corrected chi connectivity index (χ2v) is 4.65. The van der Waals surface area contributed by atoms with Crippen molar-refractivity contribution in [3.8, 4) is 0 Å². The van der Waals surface area contributed by atoms with Gasteiger partial charge in [-0.2, -0.15) is 0 Å². The first-order chi connectivity index (χ1) is 9.76. The summed E-state index contributed by atoms with van der Waals surface area (Å²) in [6.07, 6.45) is 8.57. The van der Waals surface area contributed by atoms with Crippen LogP contribution < -0.4 is 0 Å². The van der Waals surface area contributed by atoms with Gasteiger partial charge in [0.15, 0.2) is 0 Å². The van der Waals surface area contributed by atoms with E-state index in [0.717, 1.165) is 29.6 Å². The first-order valence-corrected chi connectivity index (χ1v) is 7.76. The molecule has 3 heteroatoms. The molecule has 2 heterocycles. The molecule has 0 amide bonds. The Kier molecular flexibility index (Phi) is 6.99. The Morgan fingerprint density at radius 2 is 2.00 bits per heavy atom. The molecule has 0 atom stereocenters. The van der Waals surface area contributed by atoms with Crippen LogP contribution in [0.15, 0.2) is 18.5 Å². The summed E-state index contributed by atoms with van der Waals surface area (Å²) in [5, 5.41) is 1.13. The minimum Gasteiger partial charge on any atom is -0.339 e. The normalized spacial score (nSPS) is 11.3. The maximum Gasteiger partial charge on any atom is 0.141 e. The van der Waals surface area contributed by atoms with Crippen molar-refractivity contribution in [3.05, 3.63) is 29.9 Å². The molecule has 2 aromatic rings. The SMILES string of the molecule is CC.CC/C=C(\CCCC)c1cc2c(C)ncnc2[nH]1. The van der Waals surface area contributed by atoms with Gasteiger partial charge in [-0.25, -0.2) is 9.97 Å². The number of rotatable bonds is 5. The number of aryl methyl sites for hydroxylation is 1. The van der Waals surface area contributed by atoms with Crippen LogP contribution in [0.3, 0.4) is 0 Å². The Hall–Kier alpha value is -1.64. The Morgan fingerprint density at radius 3 is 2.60 bits per heavy atom. The quantitative estimate of drug-likeness (QED) is 0.805. The van der Waals surface area contributed by atoms with Crippen LogP contribution in [0, 0.1) is 6.92 Å². The molecule has 0 unspecified atom stereocenters. The second kappa shape index (κ2) is 8.51. The van der Waals surface area contributed by atoms with E-state index in [1.54, 1.807) is 6.33 Å². The summed E-state index contributed by atoms with van der Waals surface area (Å²) in [5.74, 6) is 0. The van der Waals surface area contributed by atoms with Crippen LogP contribution in [0.5, 0.6) is 0 Å². The number of unbranched alkanes of at least 4 members (excludes halogenated alkanes) is 1.